The zero-order valence-corrected chi connectivity index (χ0v) is 14.3. The van der Waals surface area contributed by atoms with Gasteiger partial charge in [0, 0.05) is 11.9 Å². The van der Waals surface area contributed by atoms with Crippen LogP contribution >= 0.6 is 11.3 Å². The summed E-state index contributed by atoms with van der Waals surface area (Å²) in [6.07, 6.45) is 1.20. The summed E-state index contributed by atoms with van der Waals surface area (Å²) >= 11 is 1.59. The molecule has 0 aliphatic rings. The molecular formula is C15H16N4O2S2. The molecule has 0 radical (unpaired) electrons. The molecule has 120 valence electrons. The molecule has 6 nitrogen and oxygen atoms in total. The minimum Gasteiger partial charge on any atom is -0.378 e. The normalized spacial score (nSPS) is 11.6. The van der Waals surface area contributed by atoms with Gasteiger partial charge >= 0.3 is 0 Å². The molecule has 1 aromatic carbocycles. The smallest absolute Gasteiger partial charge is 0.191 e. The summed E-state index contributed by atoms with van der Waals surface area (Å²) in [5.41, 5.74) is 1.73. The summed E-state index contributed by atoms with van der Waals surface area (Å²) in [6, 6.07) is 8.96. The number of aromatic amines is 1. The summed E-state index contributed by atoms with van der Waals surface area (Å²) in [6.45, 7) is 2.35. The highest BCUT2D eigenvalue weighted by atomic mass is 32.2. The van der Waals surface area contributed by atoms with Crippen LogP contribution in [-0.2, 0) is 16.4 Å². The molecule has 0 atom stereocenters. The summed E-state index contributed by atoms with van der Waals surface area (Å²) in [5.74, 6) is 1.40. The average molecular weight is 348 g/mol. The zero-order valence-electron chi connectivity index (χ0n) is 12.7. The number of aromatic nitrogens is 3. The molecule has 0 bridgehead atoms. The van der Waals surface area contributed by atoms with Gasteiger partial charge in [-0.25, -0.2) is 13.4 Å². The summed E-state index contributed by atoms with van der Waals surface area (Å²) in [5, 5.41) is 12.3. The maximum Gasteiger partial charge on any atom is 0.191 e. The maximum atomic E-state index is 11.5. The molecule has 2 heterocycles. The molecule has 0 unspecified atom stereocenters. The quantitative estimate of drug-likeness (QED) is 0.740. The Hall–Kier alpha value is -2.19. The Labute approximate surface area is 138 Å². The number of anilines is 1. The fourth-order valence-corrected chi connectivity index (χ4v) is 3.50. The van der Waals surface area contributed by atoms with Crippen LogP contribution in [0.2, 0.25) is 0 Å². The maximum absolute atomic E-state index is 11.5. The van der Waals surface area contributed by atoms with E-state index in [1.165, 1.54) is 6.26 Å². The number of nitrogens with zero attached hydrogens (tertiary/aromatic N) is 2. The Morgan fingerprint density at radius 2 is 2.13 bits per heavy atom. The Bertz CT molecular complexity index is 915. The van der Waals surface area contributed by atoms with Gasteiger partial charge in [-0.15, -0.1) is 11.3 Å². The second-order valence-corrected chi connectivity index (χ2v) is 8.15. The molecule has 3 rings (SSSR count). The highest BCUT2D eigenvalue weighted by Crippen LogP contribution is 2.22. The molecular weight excluding hydrogens is 332 g/mol. The van der Waals surface area contributed by atoms with E-state index >= 15 is 0 Å². The van der Waals surface area contributed by atoms with Crippen LogP contribution in [0.4, 0.5) is 5.69 Å². The first-order valence-electron chi connectivity index (χ1n) is 6.93. The predicted octanol–water partition coefficient (Wildman–Crippen LogP) is 2.86. The van der Waals surface area contributed by atoms with Crippen molar-refractivity contribution in [2.45, 2.75) is 18.4 Å². The van der Waals surface area contributed by atoms with Gasteiger partial charge in [0.05, 0.1) is 16.3 Å². The van der Waals surface area contributed by atoms with Gasteiger partial charge in [0.2, 0.25) is 0 Å². The van der Waals surface area contributed by atoms with Crippen LogP contribution in [0.5, 0.6) is 0 Å². The fraction of sp³-hybridized carbons (Fsp3) is 0.200. The van der Waals surface area contributed by atoms with Crippen molar-refractivity contribution in [2.75, 3.05) is 11.6 Å². The summed E-state index contributed by atoms with van der Waals surface area (Å²) in [7, 11) is -3.19. The van der Waals surface area contributed by atoms with Crippen molar-refractivity contribution in [3.05, 3.63) is 47.1 Å². The number of thiophene rings is 1. The minimum absolute atomic E-state index is 0.320. The second kappa shape index (κ2) is 6.13. The SMILES string of the molecule is Cc1cc(S(C)(=O)=O)ccc1NCc1nc(-c2cccs2)n[nH]1. The number of aryl methyl sites for hydroxylation is 1. The van der Waals surface area contributed by atoms with Crippen molar-refractivity contribution in [1.29, 1.82) is 0 Å². The molecule has 0 saturated heterocycles. The van der Waals surface area contributed by atoms with Crippen LogP contribution in [0.1, 0.15) is 11.4 Å². The highest BCUT2D eigenvalue weighted by Gasteiger charge is 2.10. The first-order chi connectivity index (χ1) is 10.9. The molecule has 2 N–H and O–H groups in total. The lowest BCUT2D eigenvalue weighted by atomic mass is 10.2. The van der Waals surface area contributed by atoms with Gasteiger partial charge in [-0.2, -0.15) is 5.10 Å². The number of sulfone groups is 1. The van der Waals surface area contributed by atoms with Gasteiger partial charge in [-0.3, -0.25) is 5.10 Å². The lowest BCUT2D eigenvalue weighted by molar-refractivity contribution is 0.602. The molecule has 0 saturated carbocycles. The van der Waals surface area contributed by atoms with Crippen molar-refractivity contribution in [1.82, 2.24) is 15.2 Å². The molecule has 0 spiro atoms. The number of H-pyrrole nitrogens is 1. The van der Waals surface area contributed by atoms with Gasteiger partial charge in [-0.1, -0.05) is 6.07 Å². The Kier molecular flexibility index (Phi) is 4.18. The number of nitrogens with one attached hydrogen (secondary N) is 2. The van der Waals surface area contributed by atoms with Gasteiger partial charge < -0.3 is 5.32 Å². The van der Waals surface area contributed by atoms with E-state index in [9.17, 15) is 8.42 Å². The van der Waals surface area contributed by atoms with E-state index in [-0.39, 0.29) is 0 Å². The van der Waals surface area contributed by atoms with E-state index in [0.29, 0.717) is 17.3 Å². The van der Waals surface area contributed by atoms with Crippen LogP contribution in [0, 0.1) is 6.92 Å². The van der Waals surface area contributed by atoms with Crippen molar-refractivity contribution in [3.8, 4) is 10.7 Å². The molecule has 0 aliphatic carbocycles. The molecule has 8 heteroatoms. The number of hydrogen-bond donors (Lipinski definition) is 2. The van der Waals surface area contributed by atoms with E-state index < -0.39 is 9.84 Å². The van der Waals surface area contributed by atoms with E-state index in [1.54, 1.807) is 29.5 Å². The van der Waals surface area contributed by atoms with Gasteiger partial charge in [0.25, 0.3) is 0 Å². The number of benzene rings is 1. The summed E-state index contributed by atoms with van der Waals surface area (Å²) in [4.78, 5) is 5.77. The first kappa shape index (κ1) is 15.7. The molecule has 0 fully saturated rings. The van der Waals surface area contributed by atoms with E-state index in [2.05, 4.69) is 20.5 Å². The predicted molar refractivity (Wildman–Crippen MR) is 91.3 cm³/mol. The van der Waals surface area contributed by atoms with Crippen LogP contribution in [-0.4, -0.2) is 29.9 Å². The van der Waals surface area contributed by atoms with Crippen molar-refractivity contribution in [3.63, 3.8) is 0 Å². The fourth-order valence-electron chi connectivity index (χ4n) is 2.13. The third-order valence-electron chi connectivity index (χ3n) is 3.35. The second-order valence-electron chi connectivity index (χ2n) is 5.19. The minimum atomic E-state index is -3.19. The van der Waals surface area contributed by atoms with Crippen LogP contribution < -0.4 is 5.32 Å². The van der Waals surface area contributed by atoms with Gasteiger partial charge in [0.15, 0.2) is 15.7 Å². The molecule has 0 aliphatic heterocycles. The van der Waals surface area contributed by atoms with E-state index in [1.807, 2.05) is 24.4 Å². The lowest BCUT2D eigenvalue weighted by Gasteiger charge is -2.09. The molecule has 23 heavy (non-hydrogen) atoms. The first-order valence-corrected chi connectivity index (χ1v) is 9.70. The number of rotatable bonds is 5. The van der Waals surface area contributed by atoms with Crippen LogP contribution in [0.3, 0.4) is 0 Å². The van der Waals surface area contributed by atoms with Gasteiger partial charge in [0.1, 0.15) is 5.82 Å². The van der Waals surface area contributed by atoms with E-state index in [0.717, 1.165) is 22.0 Å². The Morgan fingerprint density at radius 3 is 2.78 bits per heavy atom. The Morgan fingerprint density at radius 1 is 1.30 bits per heavy atom. The lowest BCUT2D eigenvalue weighted by Crippen LogP contribution is -2.04. The van der Waals surface area contributed by atoms with Crippen molar-refractivity contribution in [2.24, 2.45) is 0 Å². The molecule has 0 amide bonds. The third-order valence-corrected chi connectivity index (χ3v) is 5.32. The average Bonchev–Trinajstić information content (AvgIpc) is 3.16. The number of hydrogen-bond acceptors (Lipinski definition) is 6. The standard InChI is InChI=1S/C15H16N4O2S2/c1-10-8-11(23(2,20)21)5-6-12(10)16-9-14-17-15(19-18-14)13-4-3-7-22-13/h3-8,16H,9H2,1-2H3,(H,17,18,19). The van der Waals surface area contributed by atoms with Crippen LogP contribution in [0.15, 0.2) is 40.6 Å². The van der Waals surface area contributed by atoms with Crippen molar-refractivity contribution < 1.29 is 8.42 Å². The third kappa shape index (κ3) is 3.59. The summed E-state index contributed by atoms with van der Waals surface area (Å²) < 4.78 is 23.1. The van der Waals surface area contributed by atoms with Crippen LogP contribution in [0.25, 0.3) is 10.7 Å². The monoisotopic (exact) mass is 348 g/mol. The Balaban J connectivity index is 1.71. The highest BCUT2D eigenvalue weighted by molar-refractivity contribution is 7.90. The largest absolute Gasteiger partial charge is 0.378 e. The zero-order chi connectivity index (χ0) is 16.4. The molecule has 2 aromatic heterocycles. The topological polar surface area (TPSA) is 87.7 Å². The van der Waals surface area contributed by atoms with E-state index in [4.69, 9.17) is 0 Å². The van der Waals surface area contributed by atoms with Crippen molar-refractivity contribution >= 4 is 26.9 Å². The van der Waals surface area contributed by atoms with Gasteiger partial charge in [-0.05, 0) is 42.1 Å². The molecule has 3 aromatic rings.